The Morgan fingerprint density at radius 2 is 1.72 bits per heavy atom. The van der Waals surface area contributed by atoms with Crippen LogP contribution in [0, 0.1) is 21.4 Å². The molecule has 0 heterocycles. The van der Waals surface area contributed by atoms with E-state index in [9.17, 15) is 20.2 Å². The number of carbonyl (C=O) groups excluding carboxylic acids is 1. The predicted octanol–water partition coefficient (Wildman–Crippen LogP) is 5.28. The second kappa shape index (κ2) is 10.5. The summed E-state index contributed by atoms with van der Waals surface area (Å²) in [6.45, 7) is 2.23. The smallest absolute Gasteiger partial charge is 0.269 e. The third kappa shape index (κ3) is 5.80. The highest BCUT2D eigenvalue weighted by Crippen LogP contribution is 2.23. The normalized spacial score (nSPS) is 10.8. The molecular weight excluding hydrogens is 406 g/mol. The third-order valence-electron chi connectivity index (χ3n) is 4.75. The van der Waals surface area contributed by atoms with E-state index in [1.165, 1.54) is 18.2 Å². The van der Waals surface area contributed by atoms with Crippen LogP contribution in [0.4, 0.5) is 11.4 Å². The van der Waals surface area contributed by atoms with E-state index in [0.717, 1.165) is 17.5 Å². The van der Waals surface area contributed by atoms with Gasteiger partial charge in [-0.05, 0) is 54.0 Å². The maximum Gasteiger partial charge on any atom is 0.269 e. The molecule has 7 nitrogen and oxygen atoms in total. The van der Waals surface area contributed by atoms with Gasteiger partial charge in [0.1, 0.15) is 24.0 Å². The number of ether oxygens (including phenoxy) is 1. The monoisotopic (exact) mass is 427 g/mol. The first-order chi connectivity index (χ1) is 15.5. The average molecular weight is 427 g/mol. The molecule has 0 radical (unpaired) electrons. The summed E-state index contributed by atoms with van der Waals surface area (Å²) in [6.07, 6.45) is 2.37. The molecule has 3 aromatic carbocycles. The lowest BCUT2D eigenvalue weighted by Crippen LogP contribution is -2.13. The molecule has 3 aromatic rings. The predicted molar refractivity (Wildman–Crippen MR) is 122 cm³/mol. The van der Waals surface area contributed by atoms with Gasteiger partial charge in [0, 0.05) is 23.4 Å². The van der Waals surface area contributed by atoms with Gasteiger partial charge < -0.3 is 10.1 Å². The number of nitrogens with zero attached hydrogens (tertiary/aromatic N) is 2. The van der Waals surface area contributed by atoms with Gasteiger partial charge in [-0.2, -0.15) is 5.26 Å². The zero-order chi connectivity index (χ0) is 22.9. The molecule has 160 valence electrons. The molecule has 1 N–H and O–H groups in total. The molecular formula is C25H21N3O4. The van der Waals surface area contributed by atoms with E-state index >= 15 is 0 Å². The molecule has 3 rings (SSSR count). The zero-order valence-electron chi connectivity index (χ0n) is 17.4. The van der Waals surface area contributed by atoms with Crippen molar-refractivity contribution in [2.45, 2.75) is 20.0 Å². The van der Waals surface area contributed by atoms with Crippen LogP contribution in [0.2, 0.25) is 0 Å². The van der Waals surface area contributed by atoms with Gasteiger partial charge in [0.05, 0.1) is 4.92 Å². The van der Waals surface area contributed by atoms with Crippen molar-refractivity contribution in [1.29, 1.82) is 5.26 Å². The summed E-state index contributed by atoms with van der Waals surface area (Å²) in [6, 6.07) is 22.5. The van der Waals surface area contributed by atoms with E-state index in [0.29, 0.717) is 17.0 Å². The zero-order valence-corrected chi connectivity index (χ0v) is 17.4. The van der Waals surface area contributed by atoms with Crippen LogP contribution in [0.5, 0.6) is 5.75 Å². The molecule has 0 saturated carbocycles. The Hall–Kier alpha value is -4.44. The molecule has 0 atom stereocenters. The first-order valence-corrected chi connectivity index (χ1v) is 9.97. The highest BCUT2D eigenvalue weighted by molar-refractivity contribution is 6.09. The van der Waals surface area contributed by atoms with Crippen molar-refractivity contribution in [3.8, 4) is 11.8 Å². The van der Waals surface area contributed by atoms with Gasteiger partial charge in [0.15, 0.2) is 0 Å². The SMILES string of the molecule is CCc1ccc(NC(=O)/C(C#N)=C/c2ccccc2OCc2ccc([N+](=O)[O-])cc2)cc1. The lowest BCUT2D eigenvalue weighted by molar-refractivity contribution is -0.384. The standard InChI is InChI=1S/C25H21N3O4/c1-2-18-7-11-22(12-8-18)27-25(29)21(16-26)15-20-5-3-4-6-24(20)32-17-19-9-13-23(14-10-19)28(30)31/h3-15H,2,17H2,1H3,(H,27,29)/b21-15+. The quantitative estimate of drug-likeness (QED) is 0.228. The van der Waals surface area contributed by atoms with Gasteiger partial charge in [-0.15, -0.1) is 0 Å². The minimum absolute atomic E-state index is 0.00564. The second-order valence-corrected chi connectivity index (χ2v) is 6.92. The summed E-state index contributed by atoms with van der Waals surface area (Å²) in [5.41, 5.74) is 3.03. The van der Waals surface area contributed by atoms with E-state index in [4.69, 9.17) is 4.74 Å². The van der Waals surface area contributed by atoms with Gasteiger partial charge in [0.25, 0.3) is 11.6 Å². The summed E-state index contributed by atoms with van der Waals surface area (Å²) in [5, 5.41) is 23.0. The third-order valence-corrected chi connectivity index (χ3v) is 4.75. The molecule has 0 bridgehead atoms. The van der Waals surface area contributed by atoms with E-state index in [2.05, 4.69) is 5.32 Å². The average Bonchev–Trinajstić information content (AvgIpc) is 2.82. The summed E-state index contributed by atoms with van der Waals surface area (Å²) >= 11 is 0. The summed E-state index contributed by atoms with van der Waals surface area (Å²) in [7, 11) is 0. The minimum Gasteiger partial charge on any atom is -0.488 e. The highest BCUT2D eigenvalue weighted by Gasteiger charge is 2.12. The molecule has 0 aliphatic carbocycles. The number of nitriles is 1. The largest absolute Gasteiger partial charge is 0.488 e. The number of rotatable bonds is 8. The molecule has 0 aliphatic rings. The number of non-ortho nitro benzene ring substituents is 1. The van der Waals surface area contributed by atoms with Crippen LogP contribution in [0.1, 0.15) is 23.6 Å². The summed E-state index contributed by atoms with van der Waals surface area (Å²) in [4.78, 5) is 22.9. The van der Waals surface area contributed by atoms with Crippen molar-refractivity contribution in [3.05, 3.63) is 105 Å². The molecule has 1 amide bonds. The van der Waals surface area contributed by atoms with Gasteiger partial charge >= 0.3 is 0 Å². The molecule has 0 saturated heterocycles. The number of nitro groups is 1. The summed E-state index contributed by atoms with van der Waals surface area (Å²) < 4.78 is 5.84. The maximum absolute atomic E-state index is 12.6. The van der Waals surface area contributed by atoms with Crippen molar-refractivity contribution < 1.29 is 14.5 Å². The van der Waals surface area contributed by atoms with Crippen LogP contribution in [-0.2, 0) is 17.8 Å². The number of aryl methyl sites for hydroxylation is 1. The Morgan fingerprint density at radius 1 is 1.06 bits per heavy atom. The van der Waals surface area contributed by atoms with Crippen molar-refractivity contribution in [2.24, 2.45) is 0 Å². The van der Waals surface area contributed by atoms with Crippen LogP contribution in [0.3, 0.4) is 0 Å². The second-order valence-electron chi connectivity index (χ2n) is 6.92. The lowest BCUT2D eigenvalue weighted by atomic mass is 10.1. The van der Waals surface area contributed by atoms with Gasteiger partial charge in [-0.3, -0.25) is 14.9 Å². The molecule has 0 aliphatic heterocycles. The van der Waals surface area contributed by atoms with Crippen LogP contribution in [-0.4, -0.2) is 10.8 Å². The number of anilines is 1. The Bertz CT molecular complexity index is 1180. The number of amides is 1. The number of nitrogens with one attached hydrogen (secondary N) is 1. The van der Waals surface area contributed by atoms with Crippen molar-refractivity contribution in [1.82, 2.24) is 0 Å². The van der Waals surface area contributed by atoms with E-state index in [1.54, 1.807) is 48.5 Å². The van der Waals surface area contributed by atoms with Crippen molar-refractivity contribution in [3.63, 3.8) is 0 Å². The number of nitro benzene ring substituents is 1. The van der Waals surface area contributed by atoms with Gasteiger partial charge in [-0.1, -0.05) is 37.3 Å². The maximum atomic E-state index is 12.6. The first kappa shape index (κ1) is 22.2. The summed E-state index contributed by atoms with van der Waals surface area (Å²) in [5.74, 6) is -0.0272. The van der Waals surface area contributed by atoms with Crippen LogP contribution >= 0.6 is 0 Å². The van der Waals surface area contributed by atoms with Crippen LogP contribution in [0.15, 0.2) is 78.4 Å². The Labute approximate surface area is 185 Å². The van der Waals surface area contributed by atoms with E-state index in [1.807, 2.05) is 25.1 Å². The van der Waals surface area contributed by atoms with Crippen molar-refractivity contribution in [2.75, 3.05) is 5.32 Å². The molecule has 0 unspecified atom stereocenters. The van der Waals surface area contributed by atoms with E-state index < -0.39 is 10.8 Å². The number of benzene rings is 3. The van der Waals surface area contributed by atoms with Crippen LogP contribution in [0.25, 0.3) is 6.08 Å². The number of para-hydroxylation sites is 1. The number of carbonyl (C=O) groups is 1. The first-order valence-electron chi connectivity index (χ1n) is 9.97. The highest BCUT2D eigenvalue weighted by atomic mass is 16.6. The Balaban J connectivity index is 1.74. The number of hydrogen-bond donors (Lipinski definition) is 1. The van der Waals surface area contributed by atoms with Crippen molar-refractivity contribution >= 4 is 23.4 Å². The Kier molecular flexibility index (Phi) is 7.33. The fourth-order valence-corrected chi connectivity index (χ4v) is 2.93. The van der Waals surface area contributed by atoms with Crippen LogP contribution < -0.4 is 10.1 Å². The fourth-order valence-electron chi connectivity index (χ4n) is 2.93. The molecule has 7 heteroatoms. The van der Waals surface area contributed by atoms with E-state index in [-0.39, 0.29) is 17.9 Å². The molecule has 0 aromatic heterocycles. The lowest BCUT2D eigenvalue weighted by Gasteiger charge is -2.10. The minimum atomic E-state index is -0.512. The molecule has 0 spiro atoms. The molecule has 0 fully saturated rings. The topological polar surface area (TPSA) is 105 Å². The van der Waals surface area contributed by atoms with Gasteiger partial charge in [-0.25, -0.2) is 0 Å². The number of hydrogen-bond acceptors (Lipinski definition) is 5. The van der Waals surface area contributed by atoms with Gasteiger partial charge in [0.2, 0.25) is 0 Å². The fraction of sp³-hybridized carbons (Fsp3) is 0.120. The Morgan fingerprint density at radius 3 is 2.34 bits per heavy atom. The molecule has 32 heavy (non-hydrogen) atoms.